The molecular weight excluding hydrogens is 328 g/mol. The average Bonchev–Trinajstić information content (AvgIpc) is 3.29. The van der Waals surface area contributed by atoms with Crippen molar-refractivity contribution in [3.8, 4) is 5.75 Å². The quantitative estimate of drug-likeness (QED) is 0.764. The van der Waals surface area contributed by atoms with Gasteiger partial charge in [0.1, 0.15) is 17.0 Å². The summed E-state index contributed by atoms with van der Waals surface area (Å²) in [6, 6.07) is 8.19. The van der Waals surface area contributed by atoms with Gasteiger partial charge in [0.25, 0.3) is 5.56 Å². The highest BCUT2D eigenvalue weighted by Crippen LogP contribution is 2.31. The van der Waals surface area contributed by atoms with Crippen LogP contribution < -0.4 is 10.3 Å². The molecule has 1 aromatic carbocycles. The molecule has 2 aromatic heterocycles. The average molecular weight is 352 g/mol. The third-order valence-corrected chi connectivity index (χ3v) is 5.19. The molecule has 0 atom stereocenters. The van der Waals surface area contributed by atoms with E-state index in [0.29, 0.717) is 23.7 Å². The van der Waals surface area contributed by atoms with Crippen molar-refractivity contribution in [2.45, 2.75) is 51.5 Å². The summed E-state index contributed by atoms with van der Waals surface area (Å²) in [5.41, 5.74) is 2.53. The number of fused-ring (bicyclic) bond motifs is 1. The molecule has 4 rings (SSSR count). The first kappa shape index (κ1) is 16.8. The number of ether oxygens (including phenoxy) is 1. The summed E-state index contributed by atoms with van der Waals surface area (Å²) in [4.78, 5) is 20.5. The van der Waals surface area contributed by atoms with Gasteiger partial charge in [-0.05, 0) is 37.0 Å². The summed E-state index contributed by atoms with van der Waals surface area (Å²) in [6.45, 7) is 2.03. The van der Waals surface area contributed by atoms with Gasteiger partial charge in [0.05, 0.1) is 18.8 Å². The van der Waals surface area contributed by atoms with Crippen LogP contribution >= 0.6 is 0 Å². The van der Waals surface area contributed by atoms with Crippen molar-refractivity contribution in [2.75, 3.05) is 7.11 Å². The maximum atomic E-state index is 12.7. The Morgan fingerprint density at radius 3 is 2.85 bits per heavy atom. The Bertz CT molecular complexity index is 983. The summed E-state index contributed by atoms with van der Waals surface area (Å²) < 4.78 is 7.29. The number of nitrogens with one attached hydrogen (secondary N) is 1. The minimum absolute atomic E-state index is 0.0889. The highest BCUT2D eigenvalue weighted by Gasteiger charge is 2.24. The van der Waals surface area contributed by atoms with Gasteiger partial charge in [0, 0.05) is 6.42 Å². The molecule has 1 aliphatic carbocycles. The fourth-order valence-corrected chi connectivity index (χ4v) is 3.87. The fourth-order valence-electron chi connectivity index (χ4n) is 3.87. The summed E-state index contributed by atoms with van der Waals surface area (Å²) in [6.07, 6.45) is 5.94. The van der Waals surface area contributed by atoms with Crippen LogP contribution in [0.15, 0.2) is 29.1 Å². The van der Waals surface area contributed by atoms with Crippen LogP contribution in [0.1, 0.15) is 55.7 Å². The van der Waals surface area contributed by atoms with E-state index in [9.17, 15) is 4.79 Å². The predicted octanol–water partition coefficient (Wildman–Crippen LogP) is 3.40. The number of aromatic nitrogens is 4. The summed E-state index contributed by atoms with van der Waals surface area (Å²) in [5.74, 6) is 1.47. The predicted molar refractivity (Wildman–Crippen MR) is 101 cm³/mol. The van der Waals surface area contributed by atoms with Gasteiger partial charge < -0.3 is 9.72 Å². The summed E-state index contributed by atoms with van der Waals surface area (Å²) in [5, 5.41) is 5.39. The van der Waals surface area contributed by atoms with Crippen molar-refractivity contribution < 1.29 is 4.74 Å². The van der Waals surface area contributed by atoms with Crippen LogP contribution in [0.2, 0.25) is 0 Å². The molecule has 1 saturated carbocycles. The maximum absolute atomic E-state index is 12.7. The number of hydrogen-bond donors (Lipinski definition) is 1. The molecule has 6 nitrogen and oxygen atoms in total. The molecule has 0 aliphatic heterocycles. The zero-order chi connectivity index (χ0) is 18.1. The van der Waals surface area contributed by atoms with Crippen LogP contribution in [0.4, 0.5) is 0 Å². The first-order valence-corrected chi connectivity index (χ1v) is 9.32. The molecule has 1 N–H and O–H groups in total. The molecule has 136 valence electrons. The third-order valence-electron chi connectivity index (χ3n) is 5.19. The van der Waals surface area contributed by atoms with Gasteiger partial charge in [-0.25, -0.2) is 9.67 Å². The molecule has 0 radical (unpaired) electrons. The van der Waals surface area contributed by atoms with Crippen molar-refractivity contribution >= 4 is 11.0 Å². The molecule has 1 aliphatic rings. The van der Waals surface area contributed by atoms with Gasteiger partial charge in [-0.2, -0.15) is 5.10 Å². The monoisotopic (exact) mass is 352 g/mol. The second-order valence-corrected chi connectivity index (χ2v) is 6.92. The minimum Gasteiger partial charge on any atom is -0.497 e. The lowest BCUT2D eigenvalue weighted by molar-refractivity contribution is 0.414. The largest absolute Gasteiger partial charge is 0.497 e. The van der Waals surface area contributed by atoms with Gasteiger partial charge in [-0.3, -0.25) is 4.79 Å². The molecule has 3 aromatic rings. The summed E-state index contributed by atoms with van der Waals surface area (Å²) >= 11 is 0. The smallest absolute Gasteiger partial charge is 0.262 e. The van der Waals surface area contributed by atoms with Crippen LogP contribution in [-0.4, -0.2) is 26.9 Å². The van der Waals surface area contributed by atoms with Crippen molar-refractivity contribution in [3.63, 3.8) is 0 Å². The van der Waals surface area contributed by atoms with E-state index in [-0.39, 0.29) is 5.56 Å². The van der Waals surface area contributed by atoms with Gasteiger partial charge in [-0.15, -0.1) is 0 Å². The molecule has 6 heteroatoms. The lowest BCUT2D eigenvalue weighted by Gasteiger charge is -2.11. The first-order chi connectivity index (χ1) is 12.7. The Balaban J connectivity index is 1.79. The number of hydrogen-bond acceptors (Lipinski definition) is 4. The Hall–Kier alpha value is -2.63. The SMILES string of the molecule is CCc1nn(C2CCCC2)c2nc(Cc3cccc(OC)c3)[nH]c(=O)c12. The lowest BCUT2D eigenvalue weighted by Crippen LogP contribution is -2.14. The third kappa shape index (κ3) is 3.00. The van der Waals surface area contributed by atoms with E-state index in [1.807, 2.05) is 35.9 Å². The normalized spacial score (nSPS) is 15.0. The van der Waals surface area contributed by atoms with E-state index in [1.165, 1.54) is 12.8 Å². The van der Waals surface area contributed by atoms with E-state index in [4.69, 9.17) is 14.8 Å². The second-order valence-electron chi connectivity index (χ2n) is 6.92. The van der Waals surface area contributed by atoms with Crippen LogP contribution in [0, 0.1) is 0 Å². The molecule has 0 bridgehead atoms. The number of methoxy groups -OCH3 is 1. The molecule has 0 spiro atoms. The Morgan fingerprint density at radius 2 is 2.12 bits per heavy atom. The maximum Gasteiger partial charge on any atom is 0.262 e. The number of benzene rings is 1. The Morgan fingerprint density at radius 1 is 1.31 bits per heavy atom. The van der Waals surface area contributed by atoms with E-state index < -0.39 is 0 Å². The number of rotatable bonds is 5. The Labute approximate surface area is 152 Å². The zero-order valence-corrected chi connectivity index (χ0v) is 15.3. The van der Waals surface area contributed by atoms with Crippen LogP contribution in [0.3, 0.4) is 0 Å². The number of aromatic amines is 1. The fraction of sp³-hybridized carbons (Fsp3) is 0.450. The van der Waals surface area contributed by atoms with Gasteiger partial charge >= 0.3 is 0 Å². The highest BCUT2D eigenvalue weighted by molar-refractivity contribution is 5.77. The van der Waals surface area contributed by atoms with Crippen LogP contribution in [-0.2, 0) is 12.8 Å². The number of H-pyrrole nitrogens is 1. The van der Waals surface area contributed by atoms with E-state index in [2.05, 4.69) is 4.98 Å². The minimum atomic E-state index is -0.0889. The topological polar surface area (TPSA) is 72.8 Å². The highest BCUT2D eigenvalue weighted by atomic mass is 16.5. The Kier molecular flexibility index (Phi) is 4.49. The number of aryl methyl sites for hydroxylation is 1. The van der Waals surface area contributed by atoms with Crippen molar-refractivity contribution in [2.24, 2.45) is 0 Å². The van der Waals surface area contributed by atoms with Gasteiger partial charge in [-0.1, -0.05) is 31.9 Å². The van der Waals surface area contributed by atoms with Crippen LogP contribution in [0.5, 0.6) is 5.75 Å². The standard InChI is InChI=1S/C20H24N4O2/c1-3-16-18-19(24(23-16)14-8-4-5-9-14)21-17(22-20(18)25)12-13-7-6-10-15(11-13)26-2/h6-7,10-11,14H,3-5,8-9,12H2,1-2H3,(H,21,22,25). The van der Waals surface area contributed by atoms with E-state index >= 15 is 0 Å². The lowest BCUT2D eigenvalue weighted by atomic mass is 10.1. The molecule has 0 saturated heterocycles. The van der Waals surface area contributed by atoms with Gasteiger partial charge in [0.15, 0.2) is 5.65 Å². The van der Waals surface area contributed by atoms with E-state index in [0.717, 1.165) is 41.9 Å². The van der Waals surface area contributed by atoms with Crippen molar-refractivity contribution in [3.05, 3.63) is 51.7 Å². The van der Waals surface area contributed by atoms with E-state index in [1.54, 1.807) is 7.11 Å². The molecular formula is C20H24N4O2. The van der Waals surface area contributed by atoms with Crippen molar-refractivity contribution in [1.82, 2.24) is 19.7 Å². The molecule has 1 fully saturated rings. The second kappa shape index (κ2) is 6.94. The van der Waals surface area contributed by atoms with Crippen molar-refractivity contribution in [1.29, 1.82) is 0 Å². The molecule has 2 heterocycles. The molecule has 0 unspecified atom stereocenters. The summed E-state index contributed by atoms with van der Waals surface area (Å²) in [7, 11) is 1.65. The zero-order valence-electron chi connectivity index (χ0n) is 15.3. The number of nitrogens with zero attached hydrogens (tertiary/aromatic N) is 3. The molecule has 0 amide bonds. The van der Waals surface area contributed by atoms with Gasteiger partial charge in [0.2, 0.25) is 0 Å². The molecule has 26 heavy (non-hydrogen) atoms. The first-order valence-electron chi connectivity index (χ1n) is 9.32. The van der Waals surface area contributed by atoms with Crippen LogP contribution in [0.25, 0.3) is 11.0 Å².